The number of hydrogen-bond acceptors (Lipinski definition) is 4. The van der Waals surface area contributed by atoms with Gasteiger partial charge in [-0.15, -0.1) is 0 Å². The molecule has 0 aromatic carbocycles. The molecule has 1 saturated carbocycles. The zero-order valence-corrected chi connectivity index (χ0v) is 11.1. The summed E-state index contributed by atoms with van der Waals surface area (Å²) in [6.45, 7) is 2.65. The van der Waals surface area contributed by atoms with Crippen LogP contribution in [0, 0.1) is 6.92 Å². The van der Waals surface area contributed by atoms with Gasteiger partial charge < -0.3 is 4.74 Å². The number of ether oxygens (including phenoxy) is 1. The molecular formula is C11H17N3O3S. The molecule has 1 saturated heterocycles. The van der Waals surface area contributed by atoms with Crippen molar-refractivity contribution in [2.45, 2.75) is 43.2 Å². The molecule has 2 heterocycles. The molecule has 2 atom stereocenters. The predicted molar refractivity (Wildman–Crippen MR) is 64.6 cm³/mol. The van der Waals surface area contributed by atoms with Gasteiger partial charge in [-0.25, -0.2) is 8.42 Å². The number of nitrogens with zero attached hydrogens (tertiary/aromatic N) is 2. The van der Waals surface area contributed by atoms with Crippen LogP contribution in [0.15, 0.2) is 11.1 Å². The third-order valence-corrected chi connectivity index (χ3v) is 5.84. The minimum absolute atomic E-state index is 0.00181. The minimum atomic E-state index is -3.44. The van der Waals surface area contributed by atoms with Crippen LogP contribution in [0.3, 0.4) is 0 Å². The van der Waals surface area contributed by atoms with E-state index in [0.29, 0.717) is 18.8 Å². The molecular weight excluding hydrogens is 254 g/mol. The fourth-order valence-electron chi connectivity index (χ4n) is 2.91. The maximum atomic E-state index is 12.6. The minimum Gasteiger partial charge on any atom is -0.375 e. The number of morpholine rings is 1. The number of aromatic nitrogens is 2. The zero-order valence-electron chi connectivity index (χ0n) is 10.3. The quantitative estimate of drug-likeness (QED) is 0.857. The Labute approximate surface area is 106 Å². The molecule has 1 N–H and O–H groups in total. The highest BCUT2D eigenvalue weighted by atomic mass is 32.2. The second kappa shape index (κ2) is 4.32. The van der Waals surface area contributed by atoms with Crippen molar-refractivity contribution in [3.63, 3.8) is 0 Å². The van der Waals surface area contributed by atoms with E-state index in [1.54, 1.807) is 11.2 Å². The van der Waals surface area contributed by atoms with Gasteiger partial charge in [0.15, 0.2) is 0 Å². The van der Waals surface area contributed by atoms with Crippen LogP contribution < -0.4 is 0 Å². The topological polar surface area (TPSA) is 75.3 Å². The summed E-state index contributed by atoms with van der Waals surface area (Å²) >= 11 is 0. The van der Waals surface area contributed by atoms with Gasteiger partial charge in [-0.2, -0.15) is 9.40 Å². The van der Waals surface area contributed by atoms with E-state index in [1.165, 1.54) is 6.20 Å². The Balaban J connectivity index is 1.96. The maximum Gasteiger partial charge on any atom is 0.246 e. The molecule has 2 unspecified atom stereocenters. The SMILES string of the molecule is Cc1[nH]ncc1S(=O)(=O)N1CCOC2CCCC21. The first kappa shape index (κ1) is 12.1. The van der Waals surface area contributed by atoms with Crippen LogP contribution in [-0.2, 0) is 14.8 Å². The van der Waals surface area contributed by atoms with Crippen molar-refractivity contribution in [1.29, 1.82) is 0 Å². The summed E-state index contributed by atoms with van der Waals surface area (Å²) in [5.41, 5.74) is 0.594. The van der Waals surface area contributed by atoms with Crippen LogP contribution in [0.5, 0.6) is 0 Å². The molecule has 0 spiro atoms. The largest absolute Gasteiger partial charge is 0.375 e. The van der Waals surface area contributed by atoms with Crippen molar-refractivity contribution in [2.24, 2.45) is 0 Å². The molecule has 7 heteroatoms. The van der Waals surface area contributed by atoms with Crippen molar-refractivity contribution in [3.05, 3.63) is 11.9 Å². The third kappa shape index (κ3) is 1.77. The zero-order chi connectivity index (χ0) is 12.8. The lowest BCUT2D eigenvalue weighted by molar-refractivity contribution is -0.0241. The summed E-state index contributed by atoms with van der Waals surface area (Å²) in [4.78, 5) is 0.287. The second-order valence-electron chi connectivity index (χ2n) is 4.88. The van der Waals surface area contributed by atoms with Gasteiger partial charge >= 0.3 is 0 Å². The van der Waals surface area contributed by atoms with Crippen LogP contribution >= 0.6 is 0 Å². The van der Waals surface area contributed by atoms with E-state index in [9.17, 15) is 8.42 Å². The summed E-state index contributed by atoms with van der Waals surface area (Å²) < 4.78 is 32.5. The number of fused-ring (bicyclic) bond motifs is 1. The summed E-state index contributed by atoms with van der Waals surface area (Å²) in [5.74, 6) is 0. The van der Waals surface area contributed by atoms with Gasteiger partial charge in [-0.1, -0.05) is 0 Å². The number of nitrogens with one attached hydrogen (secondary N) is 1. The first-order chi connectivity index (χ1) is 8.60. The molecule has 2 aliphatic rings. The van der Waals surface area contributed by atoms with E-state index >= 15 is 0 Å². The monoisotopic (exact) mass is 271 g/mol. The Morgan fingerprint density at radius 1 is 1.50 bits per heavy atom. The average Bonchev–Trinajstić information content (AvgIpc) is 2.96. The van der Waals surface area contributed by atoms with E-state index in [4.69, 9.17) is 4.74 Å². The number of H-pyrrole nitrogens is 1. The number of hydrogen-bond donors (Lipinski definition) is 1. The van der Waals surface area contributed by atoms with Crippen LogP contribution in [0.4, 0.5) is 0 Å². The lowest BCUT2D eigenvalue weighted by Gasteiger charge is -2.36. The van der Waals surface area contributed by atoms with E-state index in [0.717, 1.165) is 19.3 Å². The molecule has 100 valence electrons. The number of sulfonamides is 1. The first-order valence-corrected chi connectivity index (χ1v) is 7.68. The van der Waals surface area contributed by atoms with Gasteiger partial charge in [-0.3, -0.25) is 5.10 Å². The van der Waals surface area contributed by atoms with Gasteiger partial charge in [0.2, 0.25) is 10.0 Å². The van der Waals surface area contributed by atoms with Crippen LogP contribution in [0.1, 0.15) is 25.0 Å². The van der Waals surface area contributed by atoms with E-state index in [1.807, 2.05) is 0 Å². The molecule has 18 heavy (non-hydrogen) atoms. The molecule has 6 nitrogen and oxygen atoms in total. The predicted octanol–water partition coefficient (Wildman–Crippen LogP) is 0.660. The molecule has 1 aromatic rings. The van der Waals surface area contributed by atoms with Crippen molar-refractivity contribution in [1.82, 2.24) is 14.5 Å². The van der Waals surface area contributed by atoms with E-state index in [2.05, 4.69) is 10.2 Å². The number of rotatable bonds is 2. The van der Waals surface area contributed by atoms with Gasteiger partial charge in [-0.05, 0) is 26.2 Å². The number of aryl methyl sites for hydroxylation is 1. The number of aromatic amines is 1. The third-order valence-electron chi connectivity index (χ3n) is 3.80. The standard InChI is InChI=1S/C11H17N3O3S/c1-8-11(7-12-13-8)18(15,16)14-5-6-17-10-4-2-3-9(10)14/h7,9-10H,2-6H2,1H3,(H,12,13). The van der Waals surface area contributed by atoms with Crippen LogP contribution in [0.2, 0.25) is 0 Å². The molecule has 1 aliphatic heterocycles. The summed E-state index contributed by atoms with van der Waals surface area (Å²) in [6, 6.07) is -0.00181. The Kier molecular flexibility index (Phi) is 2.91. The molecule has 1 aliphatic carbocycles. The van der Waals surface area contributed by atoms with Gasteiger partial charge in [0, 0.05) is 6.54 Å². The van der Waals surface area contributed by atoms with E-state index in [-0.39, 0.29) is 17.0 Å². The molecule has 0 amide bonds. The highest BCUT2D eigenvalue weighted by molar-refractivity contribution is 7.89. The van der Waals surface area contributed by atoms with Gasteiger partial charge in [0.1, 0.15) is 4.90 Å². The molecule has 0 radical (unpaired) electrons. The fourth-order valence-corrected chi connectivity index (χ4v) is 4.70. The van der Waals surface area contributed by atoms with Gasteiger partial charge in [0.25, 0.3) is 0 Å². The fraction of sp³-hybridized carbons (Fsp3) is 0.727. The average molecular weight is 271 g/mol. The maximum absolute atomic E-state index is 12.6. The van der Waals surface area contributed by atoms with Crippen molar-refractivity contribution in [2.75, 3.05) is 13.2 Å². The smallest absolute Gasteiger partial charge is 0.246 e. The summed E-state index contributed by atoms with van der Waals surface area (Å²) in [5, 5.41) is 6.49. The first-order valence-electron chi connectivity index (χ1n) is 6.24. The van der Waals surface area contributed by atoms with Gasteiger partial charge in [0.05, 0.1) is 30.6 Å². The van der Waals surface area contributed by atoms with Crippen molar-refractivity contribution in [3.8, 4) is 0 Å². The van der Waals surface area contributed by atoms with E-state index < -0.39 is 10.0 Å². The van der Waals surface area contributed by atoms with Crippen LogP contribution in [0.25, 0.3) is 0 Å². The Hall–Kier alpha value is -0.920. The normalized spacial score (nSPS) is 29.4. The van der Waals surface area contributed by atoms with Crippen molar-refractivity contribution < 1.29 is 13.2 Å². The second-order valence-corrected chi connectivity index (χ2v) is 6.74. The summed E-state index contributed by atoms with van der Waals surface area (Å²) in [7, 11) is -3.44. The molecule has 1 aromatic heterocycles. The molecule has 3 rings (SSSR count). The lowest BCUT2D eigenvalue weighted by Crippen LogP contribution is -2.51. The Bertz CT molecular complexity index is 539. The molecule has 0 bridgehead atoms. The Morgan fingerprint density at radius 3 is 3.06 bits per heavy atom. The van der Waals surface area contributed by atoms with Crippen LogP contribution in [-0.4, -0.2) is 48.2 Å². The summed E-state index contributed by atoms with van der Waals surface area (Å²) in [6.07, 6.45) is 4.35. The molecule has 2 fully saturated rings. The van der Waals surface area contributed by atoms with Crippen molar-refractivity contribution >= 4 is 10.0 Å². The highest BCUT2D eigenvalue weighted by Gasteiger charge is 2.42. The lowest BCUT2D eigenvalue weighted by atomic mass is 10.2. The Morgan fingerprint density at radius 2 is 2.33 bits per heavy atom. The highest BCUT2D eigenvalue weighted by Crippen LogP contribution is 2.33.